The molecular weight excluding hydrogens is 344 g/mol. The van der Waals surface area contributed by atoms with Gasteiger partial charge < -0.3 is 4.57 Å². The van der Waals surface area contributed by atoms with E-state index in [4.69, 9.17) is 0 Å². The summed E-state index contributed by atoms with van der Waals surface area (Å²) in [6, 6.07) is 2.63. The van der Waals surface area contributed by atoms with Crippen molar-refractivity contribution in [1.82, 2.24) is 4.57 Å². The summed E-state index contributed by atoms with van der Waals surface area (Å²) >= 11 is 1.22. The van der Waals surface area contributed by atoms with Crippen LogP contribution in [-0.2, 0) is 12.7 Å². The molecule has 0 unspecified atom stereocenters. The van der Waals surface area contributed by atoms with E-state index in [1.807, 2.05) is 16.9 Å². The molecule has 1 amide bonds. The number of amides is 1. The molecule has 1 saturated carbocycles. The first kappa shape index (κ1) is 16.9. The standard InChI is InChI=1S/C16H14F4N2OS/c1-9-8-24-15(22(9)7-10-5-6-10)21-14(23)11-3-2-4-12(13(11)17)16(18,19)20/h2-4,8,10H,5-7H2,1H3/b21-15-. The van der Waals surface area contributed by atoms with E-state index >= 15 is 0 Å². The Bertz CT molecular complexity index is 846. The Kier molecular flexibility index (Phi) is 4.33. The predicted octanol–water partition coefficient (Wildman–Crippen LogP) is 4.17. The highest BCUT2D eigenvalue weighted by molar-refractivity contribution is 7.07. The van der Waals surface area contributed by atoms with Crippen LogP contribution in [0.25, 0.3) is 0 Å². The maximum atomic E-state index is 14.0. The van der Waals surface area contributed by atoms with Gasteiger partial charge in [-0.2, -0.15) is 18.2 Å². The van der Waals surface area contributed by atoms with E-state index in [1.165, 1.54) is 11.3 Å². The second-order valence-electron chi connectivity index (χ2n) is 5.80. The smallest absolute Gasteiger partial charge is 0.321 e. The number of aromatic nitrogens is 1. The third-order valence-corrected chi connectivity index (χ3v) is 4.84. The van der Waals surface area contributed by atoms with Gasteiger partial charge in [-0.25, -0.2) is 4.39 Å². The van der Waals surface area contributed by atoms with Gasteiger partial charge in [0.2, 0.25) is 0 Å². The summed E-state index contributed by atoms with van der Waals surface area (Å²) in [5, 5.41) is 1.82. The van der Waals surface area contributed by atoms with Gasteiger partial charge in [-0.3, -0.25) is 4.79 Å². The number of thiazole rings is 1. The Hall–Kier alpha value is -1.96. The maximum absolute atomic E-state index is 14.0. The van der Waals surface area contributed by atoms with Crippen molar-refractivity contribution < 1.29 is 22.4 Å². The van der Waals surface area contributed by atoms with E-state index in [0.717, 1.165) is 30.7 Å². The van der Waals surface area contributed by atoms with E-state index in [0.29, 0.717) is 23.3 Å². The lowest BCUT2D eigenvalue weighted by Gasteiger charge is -2.09. The lowest BCUT2D eigenvalue weighted by Crippen LogP contribution is -2.20. The highest BCUT2D eigenvalue weighted by Crippen LogP contribution is 2.32. The molecule has 1 aromatic carbocycles. The highest BCUT2D eigenvalue weighted by atomic mass is 32.1. The molecule has 3 nitrogen and oxygen atoms in total. The first-order valence-electron chi connectivity index (χ1n) is 7.37. The van der Waals surface area contributed by atoms with E-state index in [-0.39, 0.29) is 0 Å². The van der Waals surface area contributed by atoms with Crippen molar-refractivity contribution in [2.45, 2.75) is 32.5 Å². The van der Waals surface area contributed by atoms with Crippen LogP contribution in [0.2, 0.25) is 0 Å². The summed E-state index contributed by atoms with van der Waals surface area (Å²) in [4.78, 5) is 16.4. The van der Waals surface area contributed by atoms with Gasteiger partial charge >= 0.3 is 6.18 Å². The summed E-state index contributed by atoms with van der Waals surface area (Å²) in [7, 11) is 0. The molecule has 2 aromatic rings. The molecule has 1 fully saturated rings. The molecule has 3 rings (SSSR count). The molecule has 8 heteroatoms. The van der Waals surface area contributed by atoms with Crippen LogP contribution in [0.15, 0.2) is 28.6 Å². The van der Waals surface area contributed by atoms with Crippen LogP contribution in [0, 0.1) is 18.7 Å². The molecule has 0 bridgehead atoms. The molecule has 1 heterocycles. The van der Waals surface area contributed by atoms with Gasteiger partial charge in [0.25, 0.3) is 5.91 Å². The Labute approximate surface area is 139 Å². The molecule has 1 aromatic heterocycles. The summed E-state index contributed by atoms with van der Waals surface area (Å²) in [6.07, 6.45) is -2.64. The van der Waals surface area contributed by atoms with Crippen molar-refractivity contribution >= 4 is 17.2 Å². The zero-order chi connectivity index (χ0) is 17.5. The van der Waals surface area contributed by atoms with Gasteiger partial charge in [-0.15, -0.1) is 11.3 Å². The van der Waals surface area contributed by atoms with Crippen molar-refractivity contribution in [3.05, 3.63) is 51.0 Å². The summed E-state index contributed by atoms with van der Waals surface area (Å²) in [5.74, 6) is -2.05. The van der Waals surface area contributed by atoms with E-state index < -0.39 is 29.0 Å². The lowest BCUT2D eigenvalue weighted by molar-refractivity contribution is -0.140. The molecule has 1 aliphatic carbocycles. The highest BCUT2D eigenvalue weighted by Gasteiger charge is 2.35. The molecular formula is C16H14F4N2OS. The van der Waals surface area contributed by atoms with Gasteiger partial charge in [0.15, 0.2) is 4.80 Å². The number of alkyl halides is 3. The zero-order valence-corrected chi connectivity index (χ0v) is 13.5. The number of halogens is 4. The molecule has 0 saturated heterocycles. The topological polar surface area (TPSA) is 34.4 Å². The molecule has 128 valence electrons. The Balaban J connectivity index is 1.99. The first-order chi connectivity index (χ1) is 11.3. The Morgan fingerprint density at radius 1 is 1.38 bits per heavy atom. The minimum Gasteiger partial charge on any atom is -0.321 e. The molecule has 0 spiro atoms. The Morgan fingerprint density at radius 3 is 2.71 bits per heavy atom. The normalized spacial score (nSPS) is 15.8. The quantitative estimate of drug-likeness (QED) is 0.759. The van der Waals surface area contributed by atoms with Crippen LogP contribution < -0.4 is 4.80 Å². The van der Waals surface area contributed by atoms with Gasteiger partial charge in [0.1, 0.15) is 5.82 Å². The van der Waals surface area contributed by atoms with Crippen molar-refractivity contribution in [2.24, 2.45) is 10.9 Å². The predicted molar refractivity (Wildman–Crippen MR) is 81.1 cm³/mol. The zero-order valence-electron chi connectivity index (χ0n) is 12.7. The van der Waals surface area contributed by atoms with Gasteiger partial charge in [0, 0.05) is 17.6 Å². The molecule has 0 N–H and O–H groups in total. The van der Waals surface area contributed by atoms with Crippen LogP contribution in [0.3, 0.4) is 0 Å². The van der Waals surface area contributed by atoms with Crippen molar-refractivity contribution in [2.75, 3.05) is 0 Å². The van der Waals surface area contributed by atoms with Gasteiger partial charge in [0.05, 0.1) is 11.1 Å². The third-order valence-electron chi connectivity index (χ3n) is 3.86. The molecule has 0 radical (unpaired) electrons. The second-order valence-corrected chi connectivity index (χ2v) is 6.63. The summed E-state index contributed by atoms with van der Waals surface area (Å²) in [6.45, 7) is 2.58. The minimum absolute atomic E-state index is 0.376. The fourth-order valence-corrected chi connectivity index (χ4v) is 3.23. The van der Waals surface area contributed by atoms with Crippen LogP contribution >= 0.6 is 11.3 Å². The van der Waals surface area contributed by atoms with Crippen molar-refractivity contribution in [3.8, 4) is 0 Å². The average Bonchev–Trinajstić information content (AvgIpc) is 3.25. The second kappa shape index (κ2) is 6.16. The molecule has 1 aliphatic rings. The third kappa shape index (κ3) is 3.43. The van der Waals surface area contributed by atoms with E-state index in [1.54, 1.807) is 0 Å². The summed E-state index contributed by atoms with van der Waals surface area (Å²) < 4.78 is 54.2. The van der Waals surface area contributed by atoms with Gasteiger partial charge in [-0.1, -0.05) is 6.07 Å². The fraction of sp³-hybridized carbons (Fsp3) is 0.375. The van der Waals surface area contributed by atoms with Crippen molar-refractivity contribution in [3.63, 3.8) is 0 Å². The monoisotopic (exact) mass is 358 g/mol. The number of hydrogen-bond acceptors (Lipinski definition) is 2. The van der Waals surface area contributed by atoms with Crippen LogP contribution in [0.4, 0.5) is 17.6 Å². The largest absolute Gasteiger partial charge is 0.419 e. The van der Waals surface area contributed by atoms with Crippen LogP contribution in [0.5, 0.6) is 0 Å². The van der Waals surface area contributed by atoms with Crippen LogP contribution in [0.1, 0.15) is 34.5 Å². The number of carbonyl (C=O) groups excluding carboxylic acids is 1. The minimum atomic E-state index is -4.86. The van der Waals surface area contributed by atoms with E-state index in [9.17, 15) is 22.4 Å². The number of carbonyl (C=O) groups is 1. The number of rotatable bonds is 3. The molecule has 0 atom stereocenters. The number of aryl methyl sites for hydroxylation is 1. The van der Waals surface area contributed by atoms with Crippen LogP contribution in [-0.4, -0.2) is 10.5 Å². The molecule has 24 heavy (non-hydrogen) atoms. The summed E-state index contributed by atoms with van der Waals surface area (Å²) in [5.41, 5.74) is -1.21. The maximum Gasteiger partial charge on any atom is 0.419 e. The molecule has 0 aliphatic heterocycles. The number of nitrogens with zero attached hydrogens (tertiary/aromatic N) is 2. The SMILES string of the molecule is Cc1cs/c(=N\C(=O)c2cccc(C(F)(F)F)c2F)n1CC1CC1. The van der Waals surface area contributed by atoms with Gasteiger partial charge in [-0.05, 0) is 37.8 Å². The van der Waals surface area contributed by atoms with Crippen molar-refractivity contribution in [1.29, 1.82) is 0 Å². The number of benzene rings is 1. The Morgan fingerprint density at radius 2 is 2.08 bits per heavy atom. The fourth-order valence-electron chi connectivity index (χ4n) is 2.35. The number of hydrogen-bond donors (Lipinski definition) is 0. The lowest BCUT2D eigenvalue weighted by atomic mass is 10.1. The first-order valence-corrected chi connectivity index (χ1v) is 8.25. The van der Waals surface area contributed by atoms with E-state index in [2.05, 4.69) is 4.99 Å². The average molecular weight is 358 g/mol.